The van der Waals surface area contributed by atoms with Gasteiger partial charge in [0.25, 0.3) is 0 Å². The molecule has 0 saturated carbocycles. The summed E-state index contributed by atoms with van der Waals surface area (Å²) in [5.74, 6) is -2.13. The third kappa shape index (κ3) is 4.65. The third-order valence-electron chi connectivity index (χ3n) is 5.47. The summed E-state index contributed by atoms with van der Waals surface area (Å²) in [7, 11) is 1.31. The molecule has 0 radical (unpaired) electrons. The van der Waals surface area contributed by atoms with Crippen LogP contribution in [0.1, 0.15) is 18.2 Å². The van der Waals surface area contributed by atoms with Crippen molar-refractivity contribution in [3.63, 3.8) is 0 Å². The molecule has 2 aromatic heterocycles. The van der Waals surface area contributed by atoms with Gasteiger partial charge >= 0.3 is 6.09 Å². The van der Waals surface area contributed by atoms with Gasteiger partial charge in [-0.15, -0.1) is 0 Å². The maximum Gasteiger partial charge on any atom is 0.409 e. The van der Waals surface area contributed by atoms with Crippen LogP contribution in [0.3, 0.4) is 0 Å². The lowest BCUT2D eigenvalue weighted by Gasteiger charge is -2.32. The SMILES string of the molecule is COC(=O)N1CCO[C@@H](Cc2c(-c3c(F)cc(NC(C)=O)cc3F)nc3cc(C)ccn23)C1. The van der Waals surface area contributed by atoms with Crippen molar-refractivity contribution < 1.29 is 27.8 Å². The Balaban J connectivity index is 1.78. The number of halogens is 2. The minimum absolute atomic E-state index is 0.0201. The van der Waals surface area contributed by atoms with E-state index in [-0.39, 0.29) is 29.9 Å². The van der Waals surface area contributed by atoms with Crippen LogP contribution in [0.4, 0.5) is 19.3 Å². The Morgan fingerprint density at radius 1 is 1.27 bits per heavy atom. The smallest absolute Gasteiger partial charge is 0.409 e. The fourth-order valence-corrected chi connectivity index (χ4v) is 4.02. The van der Waals surface area contributed by atoms with E-state index in [0.29, 0.717) is 24.5 Å². The third-order valence-corrected chi connectivity index (χ3v) is 5.47. The standard InChI is InChI=1S/C23H24F2N4O4/c1-13-4-5-29-19(11-16-12-28(6-7-33-16)23(31)32-3)22(27-20(29)8-13)21-17(24)9-15(10-18(21)25)26-14(2)30/h4-5,8-10,16H,6-7,11-12H2,1-3H3,(H,26,30)/t16-/m0/s1. The minimum atomic E-state index is -0.846. The topological polar surface area (TPSA) is 85.2 Å². The molecule has 33 heavy (non-hydrogen) atoms. The zero-order valence-corrected chi connectivity index (χ0v) is 18.5. The Labute approximate surface area is 189 Å². The van der Waals surface area contributed by atoms with Crippen molar-refractivity contribution in [1.82, 2.24) is 14.3 Å². The number of aromatic nitrogens is 2. The summed E-state index contributed by atoms with van der Waals surface area (Å²) in [6.07, 6.45) is 1.18. The van der Waals surface area contributed by atoms with E-state index >= 15 is 8.78 Å². The number of morpholine rings is 1. The van der Waals surface area contributed by atoms with Gasteiger partial charge in [-0.1, -0.05) is 0 Å². The van der Waals surface area contributed by atoms with Gasteiger partial charge in [0.15, 0.2) is 0 Å². The van der Waals surface area contributed by atoms with E-state index in [1.54, 1.807) is 10.6 Å². The molecule has 0 bridgehead atoms. The number of carbonyl (C=O) groups excluding carboxylic acids is 2. The molecule has 1 N–H and O–H groups in total. The predicted molar refractivity (Wildman–Crippen MR) is 117 cm³/mol. The summed E-state index contributed by atoms with van der Waals surface area (Å²) in [6.45, 7) is 4.15. The number of ether oxygens (including phenoxy) is 2. The highest BCUT2D eigenvalue weighted by molar-refractivity contribution is 5.89. The van der Waals surface area contributed by atoms with E-state index in [2.05, 4.69) is 10.3 Å². The molecule has 3 aromatic rings. The second-order valence-electron chi connectivity index (χ2n) is 7.95. The van der Waals surface area contributed by atoms with Crippen LogP contribution in [0.15, 0.2) is 30.5 Å². The molecule has 1 aromatic carbocycles. The molecule has 2 amide bonds. The van der Waals surface area contributed by atoms with Gasteiger partial charge in [-0.05, 0) is 36.8 Å². The predicted octanol–water partition coefficient (Wildman–Crippen LogP) is 3.56. The molecular weight excluding hydrogens is 434 g/mol. The number of hydrogen-bond donors (Lipinski definition) is 1. The first-order valence-electron chi connectivity index (χ1n) is 10.5. The number of rotatable bonds is 4. The maximum atomic E-state index is 15.1. The number of nitrogens with zero attached hydrogens (tertiary/aromatic N) is 3. The van der Waals surface area contributed by atoms with E-state index in [0.717, 1.165) is 17.7 Å². The number of fused-ring (bicyclic) bond motifs is 1. The van der Waals surface area contributed by atoms with Crippen molar-refractivity contribution in [2.45, 2.75) is 26.4 Å². The zero-order chi connectivity index (χ0) is 23.7. The zero-order valence-electron chi connectivity index (χ0n) is 18.5. The first-order chi connectivity index (χ1) is 15.8. The number of nitrogens with one attached hydrogen (secondary N) is 1. The average molecular weight is 458 g/mol. The Bertz CT molecular complexity index is 1200. The number of hydrogen-bond acceptors (Lipinski definition) is 5. The van der Waals surface area contributed by atoms with Gasteiger partial charge in [0.1, 0.15) is 17.3 Å². The lowest BCUT2D eigenvalue weighted by Crippen LogP contribution is -2.46. The highest BCUT2D eigenvalue weighted by atomic mass is 19.1. The Hall–Kier alpha value is -3.53. The lowest BCUT2D eigenvalue weighted by molar-refractivity contribution is -0.114. The van der Waals surface area contributed by atoms with Gasteiger partial charge in [-0.2, -0.15) is 0 Å². The normalized spacial score (nSPS) is 16.2. The monoisotopic (exact) mass is 458 g/mol. The summed E-state index contributed by atoms with van der Waals surface area (Å²) in [5.41, 5.74) is 1.90. The number of anilines is 1. The van der Waals surface area contributed by atoms with Crippen LogP contribution in [-0.4, -0.2) is 59.2 Å². The summed E-state index contributed by atoms with van der Waals surface area (Å²) >= 11 is 0. The van der Waals surface area contributed by atoms with Crippen LogP contribution in [-0.2, 0) is 20.7 Å². The van der Waals surface area contributed by atoms with Crippen LogP contribution >= 0.6 is 0 Å². The summed E-state index contributed by atoms with van der Waals surface area (Å²) < 4.78 is 42.6. The van der Waals surface area contributed by atoms with Gasteiger partial charge in [0, 0.05) is 31.8 Å². The number of carbonyl (C=O) groups is 2. The van der Waals surface area contributed by atoms with Crippen molar-refractivity contribution in [2.24, 2.45) is 0 Å². The van der Waals surface area contributed by atoms with Crippen LogP contribution in [0.25, 0.3) is 16.9 Å². The fraction of sp³-hybridized carbons (Fsp3) is 0.348. The van der Waals surface area contributed by atoms with Crippen molar-refractivity contribution in [3.05, 3.63) is 53.4 Å². The quantitative estimate of drug-likeness (QED) is 0.646. The molecule has 0 unspecified atom stereocenters. The van der Waals surface area contributed by atoms with Crippen LogP contribution < -0.4 is 5.32 Å². The molecule has 0 aliphatic carbocycles. The van der Waals surface area contributed by atoms with Gasteiger partial charge in [-0.3, -0.25) is 4.79 Å². The number of benzene rings is 1. The van der Waals surface area contributed by atoms with E-state index < -0.39 is 29.7 Å². The van der Waals surface area contributed by atoms with E-state index in [9.17, 15) is 9.59 Å². The highest BCUT2D eigenvalue weighted by Gasteiger charge is 2.29. The number of imidazole rings is 1. The summed E-state index contributed by atoms with van der Waals surface area (Å²) in [4.78, 5) is 29.3. The number of pyridine rings is 1. The van der Waals surface area contributed by atoms with Gasteiger partial charge < -0.3 is 24.1 Å². The second-order valence-corrected chi connectivity index (χ2v) is 7.95. The molecule has 1 aliphatic heterocycles. The molecule has 3 heterocycles. The Kier molecular flexibility index (Phi) is 6.28. The average Bonchev–Trinajstić information content (AvgIpc) is 3.09. The molecule has 0 spiro atoms. The summed E-state index contributed by atoms with van der Waals surface area (Å²) in [5, 5.41) is 2.39. The van der Waals surface area contributed by atoms with Crippen LogP contribution in [0.2, 0.25) is 0 Å². The first kappa shape index (κ1) is 22.7. The molecule has 174 valence electrons. The van der Waals surface area contributed by atoms with E-state index in [1.807, 2.05) is 19.1 Å². The number of methoxy groups -OCH3 is 1. The van der Waals surface area contributed by atoms with E-state index in [1.165, 1.54) is 18.9 Å². The molecule has 1 fully saturated rings. The molecule has 1 saturated heterocycles. The molecule has 1 atom stereocenters. The lowest BCUT2D eigenvalue weighted by atomic mass is 10.0. The molecule has 1 aliphatic rings. The fourth-order valence-electron chi connectivity index (χ4n) is 4.02. The molecule has 10 heteroatoms. The Morgan fingerprint density at radius 2 is 2.00 bits per heavy atom. The molecule has 8 nitrogen and oxygen atoms in total. The van der Waals surface area contributed by atoms with Crippen molar-refractivity contribution in [1.29, 1.82) is 0 Å². The Morgan fingerprint density at radius 3 is 2.67 bits per heavy atom. The molecular formula is C23H24F2N4O4. The number of amides is 2. The number of aryl methyl sites for hydroxylation is 1. The van der Waals surface area contributed by atoms with Crippen LogP contribution in [0.5, 0.6) is 0 Å². The largest absolute Gasteiger partial charge is 0.453 e. The van der Waals surface area contributed by atoms with Gasteiger partial charge in [-0.25, -0.2) is 18.6 Å². The minimum Gasteiger partial charge on any atom is -0.453 e. The maximum absolute atomic E-state index is 15.1. The van der Waals surface area contributed by atoms with E-state index in [4.69, 9.17) is 9.47 Å². The second kappa shape index (κ2) is 9.14. The van der Waals surface area contributed by atoms with Gasteiger partial charge in [0.05, 0.1) is 43.3 Å². The highest BCUT2D eigenvalue weighted by Crippen LogP contribution is 2.33. The van der Waals surface area contributed by atoms with Gasteiger partial charge in [0.2, 0.25) is 5.91 Å². The molecule has 4 rings (SSSR count). The van der Waals surface area contributed by atoms with Crippen molar-refractivity contribution in [3.8, 4) is 11.3 Å². The summed E-state index contributed by atoms with van der Waals surface area (Å²) in [6, 6.07) is 5.82. The van der Waals surface area contributed by atoms with Crippen molar-refractivity contribution in [2.75, 3.05) is 32.1 Å². The van der Waals surface area contributed by atoms with Crippen molar-refractivity contribution >= 4 is 23.3 Å². The first-order valence-corrected chi connectivity index (χ1v) is 10.5. The van der Waals surface area contributed by atoms with Crippen LogP contribution in [0, 0.1) is 18.6 Å².